The molecule has 1 saturated carbocycles. The van der Waals surface area contributed by atoms with Crippen LogP contribution >= 0.6 is 12.4 Å². The van der Waals surface area contributed by atoms with Crippen molar-refractivity contribution in [3.63, 3.8) is 0 Å². The van der Waals surface area contributed by atoms with Gasteiger partial charge in [-0.15, -0.1) is 12.4 Å². The van der Waals surface area contributed by atoms with E-state index >= 15 is 0 Å². The molecule has 1 aliphatic carbocycles. The van der Waals surface area contributed by atoms with Gasteiger partial charge >= 0.3 is 0 Å². The fourth-order valence-corrected chi connectivity index (χ4v) is 2.28. The molecular formula is C11H18ClN3O. The van der Waals surface area contributed by atoms with E-state index in [9.17, 15) is 0 Å². The molecule has 5 heteroatoms. The van der Waals surface area contributed by atoms with Crippen LogP contribution in [-0.4, -0.2) is 16.7 Å². The predicted octanol–water partition coefficient (Wildman–Crippen LogP) is 2.57. The molecule has 0 bridgehead atoms. The van der Waals surface area contributed by atoms with E-state index in [4.69, 9.17) is 4.52 Å². The van der Waals surface area contributed by atoms with Crippen LogP contribution in [0.1, 0.15) is 62.2 Å². The van der Waals surface area contributed by atoms with Crippen LogP contribution in [0.25, 0.3) is 0 Å². The molecule has 1 aromatic rings. The van der Waals surface area contributed by atoms with Crippen LogP contribution in [0.2, 0.25) is 0 Å². The lowest BCUT2D eigenvalue weighted by Gasteiger charge is -2.21. The highest BCUT2D eigenvalue weighted by molar-refractivity contribution is 5.85. The summed E-state index contributed by atoms with van der Waals surface area (Å²) in [6.45, 7) is 1.08. The van der Waals surface area contributed by atoms with Crippen molar-refractivity contribution in [1.29, 1.82) is 0 Å². The standard InChI is InChI=1S/C11H17N3O.ClH/c1-2-7-12-9(6-1)11-13-10(14-15-11)8-4-3-5-8;/h8-9,12H,1-7H2;1H. The molecule has 16 heavy (non-hydrogen) atoms. The Balaban J connectivity index is 0.000000963. The molecule has 0 aromatic carbocycles. The maximum absolute atomic E-state index is 5.34. The lowest BCUT2D eigenvalue weighted by Crippen LogP contribution is -2.27. The van der Waals surface area contributed by atoms with Crippen molar-refractivity contribution in [3.05, 3.63) is 11.7 Å². The Morgan fingerprint density at radius 3 is 2.62 bits per heavy atom. The van der Waals surface area contributed by atoms with Gasteiger partial charge < -0.3 is 9.84 Å². The van der Waals surface area contributed by atoms with Crippen LogP contribution < -0.4 is 5.32 Å². The van der Waals surface area contributed by atoms with Gasteiger partial charge in [0, 0.05) is 5.92 Å². The third-order valence-corrected chi connectivity index (χ3v) is 3.54. The van der Waals surface area contributed by atoms with Gasteiger partial charge in [0.05, 0.1) is 6.04 Å². The third kappa shape index (κ3) is 2.23. The summed E-state index contributed by atoms with van der Waals surface area (Å²) in [5.74, 6) is 2.31. The summed E-state index contributed by atoms with van der Waals surface area (Å²) >= 11 is 0. The first-order chi connectivity index (χ1) is 7.43. The van der Waals surface area contributed by atoms with E-state index in [1.54, 1.807) is 0 Å². The van der Waals surface area contributed by atoms with E-state index in [2.05, 4.69) is 15.5 Å². The van der Waals surface area contributed by atoms with Crippen LogP contribution in [0.3, 0.4) is 0 Å². The number of aromatic nitrogens is 2. The zero-order valence-electron chi connectivity index (χ0n) is 9.32. The van der Waals surface area contributed by atoms with Crippen molar-refractivity contribution in [2.45, 2.75) is 50.5 Å². The van der Waals surface area contributed by atoms with Crippen molar-refractivity contribution in [2.24, 2.45) is 0 Å². The highest BCUT2D eigenvalue weighted by atomic mass is 35.5. The van der Waals surface area contributed by atoms with E-state index in [0.717, 1.165) is 24.7 Å². The van der Waals surface area contributed by atoms with Crippen molar-refractivity contribution in [2.75, 3.05) is 6.54 Å². The second kappa shape index (κ2) is 5.15. The molecule has 1 aromatic heterocycles. The van der Waals surface area contributed by atoms with Crippen LogP contribution in [0.5, 0.6) is 0 Å². The highest BCUT2D eigenvalue weighted by Crippen LogP contribution is 2.35. The molecule has 1 N–H and O–H groups in total. The topological polar surface area (TPSA) is 51.0 Å². The minimum atomic E-state index is 0. The molecule has 0 spiro atoms. The SMILES string of the molecule is C1CCC(c2nc(C3CCC3)no2)NC1.Cl. The average molecular weight is 244 g/mol. The molecule has 2 fully saturated rings. The Hall–Kier alpha value is -0.610. The maximum Gasteiger partial charge on any atom is 0.243 e. The van der Waals surface area contributed by atoms with Crippen molar-refractivity contribution >= 4 is 12.4 Å². The molecule has 90 valence electrons. The summed E-state index contributed by atoms with van der Waals surface area (Å²) in [5.41, 5.74) is 0. The van der Waals surface area contributed by atoms with E-state index in [-0.39, 0.29) is 12.4 Å². The summed E-state index contributed by atoms with van der Waals surface area (Å²) in [7, 11) is 0. The zero-order valence-corrected chi connectivity index (χ0v) is 10.1. The first kappa shape index (κ1) is 11.9. The van der Waals surface area contributed by atoms with Crippen LogP contribution in [0.4, 0.5) is 0 Å². The van der Waals surface area contributed by atoms with E-state index in [1.165, 1.54) is 32.1 Å². The molecule has 4 nitrogen and oxygen atoms in total. The average Bonchev–Trinajstić information content (AvgIpc) is 2.66. The summed E-state index contributed by atoms with van der Waals surface area (Å²) in [5, 5.41) is 7.51. The lowest BCUT2D eigenvalue weighted by atomic mass is 9.85. The number of hydrogen-bond donors (Lipinski definition) is 1. The minimum absolute atomic E-state index is 0. The molecule has 1 atom stereocenters. The molecule has 0 radical (unpaired) electrons. The number of hydrogen-bond acceptors (Lipinski definition) is 4. The Kier molecular flexibility index (Phi) is 3.82. The van der Waals surface area contributed by atoms with Crippen LogP contribution in [0, 0.1) is 0 Å². The number of nitrogens with one attached hydrogen (secondary N) is 1. The smallest absolute Gasteiger partial charge is 0.243 e. The Morgan fingerprint density at radius 1 is 1.12 bits per heavy atom. The van der Waals surface area contributed by atoms with Gasteiger partial charge in [0.25, 0.3) is 0 Å². The van der Waals surface area contributed by atoms with Gasteiger partial charge in [-0.25, -0.2) is 0 Å². The van der Waals surface area contributed by atoms with E-state index < -0.39 is 0 Å². The number of nitrogens with zero attached hydrogens (tertiary/aromatic N) is 2. The number of rotatable bonds is 2. The lowest BCUT2D eigenvalue weighted by molar-refractivity contribution is 0.292. The Morgan fingerprint density at radius 2 is 2.00 bits per heavy atom. The summed E-state index contributed by atoms with van der Waals surface area (Å²) in [6.07, 6.45) is 7.44. The quantitative estimate of drug-likeness (QED) is 0.868. The second-order valence-electron chi connectivity index (χ2n) is 4.62. The summed E-state index contributed by atoms with van der Waals surface area (Å²) in [4.78, 5) is 4.52. The molecule has 2 heterocycles. The van der Waals surface area contributed by atoms with Crippen molar-refractivity contribution in [3.8, 4) is 0 Å². The fraction of sp³-hybridized carbons (Fsp3) is 0.818. The Bertz CT molecular complexity index is 332. The molecule has 3 rings (SSSR count). The minimum Gasteiger partial charge on any atom is -0.338 e. The van der Waals surface area contributed by atoms with Gasteiger partial charge in [-0.2, -0.15) is 4.98 Å². The van der Waals surface area contributed by atoms with Gasteiger partial charge in [0.15, 0.2) is 5.82 Å². The first-order valence-corrected chi connectivity index (χ1v) is 6.00. The van der Waals surface area contributed by atoms with E-state index in [1.807, 2.05) is 0 Å². The van der Waals surface area contributed by atoms with Gasteiger partial charge in [-0.3, -0.25) is 0 Å². The normalized spacial score (nSPS) is 25.9. The summed E-state index contributed by atoms with van der Waals surface area (Å²) in [6, 6.07) is 0.306. The molecule has 2 aliphatic rings. The van der Waals surface area contributed by atoms with Crippen LogP contribution in [-0.2, 0) is 0 Å². The maximum atomic E-state index is 5.34. The number of halogens is 1. The fourth-order valence-electron chi connectivity index (χ4n) is 2.28. The summed E-state index contributed by atoms with van der Waals surface area (Å²) < 4.78 is 5.34. The van der Waals surface area contributed by atoms with Crippen LogP contribution in [0.15, 0.2) is 4.52 Å². The van der Waals surface area contributed by atoms with Gasteiger partial charge in [-0.05, 0) is 32.2 Å². The molecule has 0 amide bonds. The Labute approximate surface area is 102 Å². The molecule has 1 aliphatic heterocycles. The number of piperidine rings is 1. The van der Waals surface area contributed by atoms with Gasteiger partial charge in [0.2, 0.25) is 5.89 Å². The molecule has 1 saturated heterocycles. The largest absolute Gasteiger partial charge is 0.338 e. The zero-order chi connectivity index (χ0) is 10.1. The second-order valence-corrected chi connectivity index (χ2v) is 4.62. The van der Waals surface area contributed by atoms with Crippen molar-refractivity contribution < 1.29 is 4.52 Å². The van der Waals surface area contributed by atoms with Gasteiger partial charge in [-0.1, -0.05) is 18.0 Å². The predicted molar refractivity (Wildman–Crippen MR) is 62.7 cm³/mol. The third-order valence-electron chi connectivity index (χ3n) is 3.54. The highest BCUT2D eigenvalue weighted by Gasteiger charge is 2.27. The van der Waals surface area contributed by atoms with E-state index in [0.29, 0.717) is 12.0 Å². The molecule has 1 unspecified atom stereocenters. The van der Waals surface area contributed by atoms with Crippen molar-refractivity contribution in [1.82, 2.24) is 15.5 Å². The molecular weight excluding hydrogens is 226 g/mol. The monoisotopic (exact) mass is 243 g/mol. The van der Waals surface area contributed by atoms with Gasteiger partial charge in [0.1, 0.15) is 0 Å². The first-order valence-electron chi connectivity index (χ1n) is 6.00.